The number of aliphatic hydroxyl groups excluding tert-OH is 1. The highest BCUT2D eigenvalue weighted by Crippen LogP contribution is 2.28. The normalized spacial score (nSPS) is 29.1. The molecule has 1 aliphatic rings. The van der Waals surface area contributed by atoms with Crippen LogP contribution in [0, 0.1) is 5.92 Å². The van der Waals surface area contributed by atoms with Gasteiger partial charge in [0.1, 0.15) is 5.76 Å². The first-order valence-electron chi connectivity index (χ1n) is 5.45. The Labute approximate surface area is 96.7 Å². The van der Waals surface area contributed by atoms with Crippen LogP contribution in [0.15, 0.2) is 23.5 Å². The molecule has 92 valence electrons. The summed E-state index contributed by atoms with van der Waals surface area (Å²) >= 11 is 0. The lowest BCUT2D eigenvalue weighted by Gasteiger charge is -2.31. The molecule has 16 heavy (non-hydrogen) atoms. The third-order valence-electron chi connectivity index (χ3n) is 2.87. The standard InChI is InChI=1S/C12H21NO3/c1-7-5-9(15-3)6-10(12(7)16-4)11(14)8(2)13/h5-8,11-12,14H,13H2,1-4H3. The van der Waals surface area contributed by atoms with Gasteiger partial charge in [-0.15, -0.1) is 0 Å². The average Bonchev–Trinajstić information content (AvgIpc) is 2.26. The van der Waals surface area contributed by atoms with Crippen molar-refractivity contribution in [2.75, 3.05) is 14.2 Å². The molecular weight excluding hydrogens is 206 g/mol. The van der Waals surface area contributed by atoms with Gasteiger partial charge >= 0.3 is 0 Å². The molecule has 0 bridgehead atoms. The molecule has 0 aromatic heterocycles. The van der Waals surface area contributed by atoms with E-state index in [4.69, 9.17) is 15.2 Å². The molecule has 1 rings (SSSR count). The lowest BCUT2D eigenvalue weighted by Crippen LogP contribution is -2.40. The zero-order valence-electron chi connectivity index (χ0n) is 10.3. The first-order valence-corrected chi connectivity index (χ1v) is 5.45. The summed E-state index contributed by atoms with van der Waals surface area (Å²) in [5.74, 6) is 0.906. The number of ether oxygens (including phenoxy) is 2. The van der Waals surface area contributed by atoms with Gasteiger partial charge in [0.25, 0.3) is 0 Å². The zero-order chi connectivity index (χ0) is 12.3. The summed E-state index contributed by atoms with van der Waals surface area (Å²) in [5, 5.41) is 10.0. The Bertz CT molecular complexity index is 297. The van der Waals surface area contributed by atoms with Crippen molar-refractivity contribution in [3.63, 3.8) is 0 Å². The fraction of sp³-hybridized carbons (Fsp3) is 0.667. The maximum absolute atomic E-state index is 10.0. The van der Waals surface area contributed by atoms with Gasteiger partial charge in [0.05, 0.1) is 19.3 Å². The maximum Gasteiger partial charge on any atom is 0.115 e. The van der Waals surface area contributed by atoms with Crippen LogP contribution in [0.5, 0.6) is 0 Å². The van der Waals surface area contributed by atoms with Crippen LogP contribution in [0.3, 0.4) is 0 Å². The number of allylic oxidation sites excluding steroid dienone is 1. The van der Waals surface area contributed by atoms with Crippen molar-refractivity contribution >= 4 is 0 Å². The molecule has 0 heterocycles. The highest BCUT2D eigenvalue weighted by Gasteiger charge is 2.30. The Kier molecular flexibility index (Phi) is 4.53. The van der Waals surface area contributed by atoms with E-state index in [9.17, 15) is 5.11 Å². The van der Waals surface area contributed by atoms with Crippen LogP contribution in [0.2, 0.25) is 0 Å². The number of nitrogens with two attached hydrogens (primary N) is 1. The molecular formula is C12H21NO3. The van der Waals surface area contributed by atoms with Crippen LogP contribution in [0.1, 0.15) is 13.8 Å². The Morgan fingerprint density at radius 2 is 2.06 bits per heavy atom. The van der Waals surface area contributed by atoms with Crippen LogP contribution >= 0.6 is 0 Å². The van der Waals surface area contributed by atoms with Gasteiger partial charge < -0.3 is 20.3 Å². The SMILES string of the molecule is COC1=CC(C)C(OC)C(C(O)C(C)N)=C1. The minimum absolute atomic E-state index is 0.139. The van der Waals surface area contributed by atoms with Gasteiger partial charge in [0, 0.05) is 19.1 Å². The van der Waals surface area contributed by atoms with Crippen LogP contribution in [-0.2, 0) is 9.47 Å². The Morgan fingerprint density at radius 1 is 1.44 bits per heavy atom. The monoisotopic (exact) mass is 227 g/mol. The third-order valence-corrected chi connectivity index (χ3v) is 2.87. The molecule has 0 saturated carbocycles. The molecule has 4 nitrogen and oxygen atoms in total. The van der Waals surface area contributed by atoms with Crippen LogP contribution in [0.25, 0.3) is 0 Å². The second-order valence-corrected chi connectivity index (χ2v) is 4.24. The van der Waals surface area contributed by atoms with E-state index < -0.39 is 6.10 Å². The number of aliphatic hydroxyl groups is 1. The molecule has 0 spiro atoms. The molecule has 4 atom stereocenters. The van der Waals surface area contributed by atoms with E-state index >= 15 is 0 Å². The maximum atomic E-state index is 10.0. The Balaban J connectivity index is 3.00. The van der Waals surface area contributed by atoms with Crippen molar-refractivity contribution < 1.29 is 14.6 Å². The molecule has 0 radical (unpaired) electrons. The van der Waals surface area contributed by atoms with Crippen molar-refractivity contribution in [1.82, 2.24) is 0 Å². The minimum atomic E-state index is -0.703. The van der Waals surface area contributed by atoms with Crippen molar-refractivity contribution in [1.29, 1.82) is 0 Å². The molecule has 0 saturated heterocycles. The Morgan fingerprint density at radius 3 is 2.50 bits per heavy atom. The highest BCUT2D eigenvalue weighted by molar-refractivity contribution is 5.32. The van der Waals surface area contributed by atoms with E-state index in [0.29, 0.717) is 0 Å². The fourth-order valence-corrected chi connectivity index (χ4v) is 1.98. The molecule has 4 heteroatoms. The lowest BCUT2D eigenvalue weighted by atomic mass is 9.86. The van der Waals surface area contributed by atoms with E-state index in [0.717, 1.165) is 11.3 Å². The number of hydrogen-bond donors (Lipinski definition) is 2. The van der Waals surface area contributed by atoms with Gasteiger partial charge in [0.15, 0.2) is 0 Å². The van der Waals surface area contributed by atoms with Gasteiger partial charge in [-0.2, -0.15) is 0 Å². The van der Waals surface area contributed by atoms with Crippen LogP contribution in [-0.4, -0.2) is 37.6 Å². The van der Waals surface area contributed by atoms with Crippen molar-refractivity contribution in [2.24, 2.45) is 11.7 Å². The van der Waals surface area contributed by atoms with Gasteiger partial charge in [0.2, 0.25) is 0 Å². The summed E-state index contributed by atoms with van der Waals surface area (Å²) in [6, 6.07) is -0.327. The molecule has 0 fully saturated rings. The summed E-state index contributed by atoms with van der Waals surface area (Å²) < 4.78 is 10.6. The summed E-state index contributed by atoms with van der Waals surface area (Å²) in [6.07, 6.45) is 2.94. The first kappa shape index (κ1) is 13.2. The summed E-state index contributed by atoms with van der Waals surface area (Å²) in [7, 11) is 3.24. The molecule has 0 amide bonds. The second-order valence-electron chi connectivity index (χ2n) is 4.24. The third kappa shape index (κ3) is 2.64. The highest BCUT2D eigenvalue weighted by atomic mass is 16.5. The quantitative estimate of drug-likeness (QED) is 0.746. The van der Waals surface area contributed by atoms with Crippen LogP contribution < -0.4 is 5.73 Å². The summed E-state index contributed by atoms with van der Waals surface area (Å²) in [6.45, 7) is 3.79. The molecule has 3 N–H and O–H groups in total. The largest absolute Gasteiger partial charge is 0.497 e. The number of hydrogen-bond acceptors (Lipinski definition) is 4. The topological polar surface area (TPSA) is 64.7 Å². The first-order chi connectivity index (χ1) is 7.51. The van der Waals surface area contributed by atoms with E-state index in [1.807, 2.05) is 19.1 Å². The second kappa shape index (κ2) is 5.48. The summed E-state index contributed by atoms with van der Waals surface area (Å²) in [4.78, 5) is 0. The van der Waals surface area contributed by atoms with E-state index in [2.05, 4.69) is 0 Å². The molecule has 0 aromatic rings. The van der Waals surface area contributed by atoms with Crippen molar-refractivity contribution in [2.45, 2.75) is 32.1 Å². The van der Waals surface area contributed by atoms with E-state index in [-0.39, 0.29) is 18.1 Å². The van der Waals surface area contributed by atoms with Crippen molar-refractivity contribution in [3.05, 3.63) is 23.5 Å². The van der Waals surface area contributed by atoms with E-state index in [1.54, 1.807) is 21.1 Å². The van der Waals surface area contributed by atoms with Gasteiger partial charge in [-0.25, -0.2) is 0 Å². The van der Waals surface area contributed by atoms with Gasteiger partial charge in [-0.05, 0) is 24.6 Å². The smallest absolute Gasteiger partial charge is 0.115 e. The fourth-order valence-electron chi connectivity index (χ4n) is 1.98. The average molecular weight is 227 g/mol. The lowest BCUT2D eigenvalue weighted by molar-refractivity contribution is 0.0656. The summed E-state index contributed by atoms with van der Waals surface area (Å²) in [5.41, 5.74) is 6.49. The number of methoxy groups -OCH3 is 2. The molecule has 0 aromatic carbocycles. The minimum Gasteiger partial charge on any atom is -0.497 e. The predicted octanol–water partition coefficient (Wildman–Crippen LogP) is 0.816. The van der Waals surface area contributed by atoms with E-state index in [1.165, 1.54) is 0 Å². The van der Waals surface area contributed by atoms with Crippen LogP contribution in [0.4, 0.5) is 0 Å². The Hall–Kier alpha value is -0.840. The predicted molar refractivity (Wildman–Crippen MR) is 62.8 cm³/mol. The number of rotatable bonds is 4. The molecule has 4 unspecified atom stereocenters. The zero-order valence-corrected chi connectivity index (χ0v) is 10.3. The van der Waals surface area contributed by atoms with Gasteiger partial charge in [-0.3, -0.25) is 0 Å². The molecule has 0 aliphatic heterocycles. The molecule has 1 aliphatic carbocycles. The van der Waals surface area contributed by atoms with Gasteiger partial charge in [-0.1, -0.05) is 6.92 Å². The van der Waals surface area contributed by atoms with Crippen molar-refractivity contribution in [3.8, 4) is 0 Å².